The van der Waals surface area contributed by atoms with E-state index < -0.39 is 23.8 Å². The molecule has 0 N–H and O–H groups in total. The third kappa shape index (κ3) is 5.68. The molecule has 0 amide bonds. The molecule has 0 unspecified atom stereocenters. The lowest BCUT2D eigenvalue weighted by atomic mass is 10.2. The van der Waals surface area contributed by atoms with Gasteiger partial charge < -0.3 is 14.2 Å². The van der Waals surface area contributed by atoms with E-state index in [-0.39, 0.29) is 5.75 Å². The average Bonchev–Trinajstić information content (AvgIpc) is 2.61. The molecule has 140 valence electrons. The molecule has 7 heteroatoms. The highest BCUT2D eigenvalue weighted by Gasteiger charge is 2.30. The topological polar surface area (TPSA) is 44.8 Å². The van der Waals surface area contributed by atoms with Gasteiger partial charge in [0.15, 0.2) is 6.10 Å². The monoisotopic (exact) mass is 368 g/mol. The predicted octanol–water partition coefficient (Wildman–Crippen LogP) is 5.22. The van der Waals surface area contributed by atoms with Crippen LogP contribution < -0.4 is 9.47 Å². The Morgan fingerprint density at radius 2 is 1.46 bits per heavy atom. The summed E-state index contributed by atoms with van der Waals surface area (Å²) >= 11 is 0. The molecule has 0 spiro atoms. The number of hydrogen-bond donors (Lipinski definition) is 0. The molecule has 1 atom stereocenters. The molecular formula is C19H19F3O4. The van der Waals surface area contributed by atoms with Gasteiger partial charge in [0.05, 0.1) is 12.2 Å². The van der Waals surface area contributed by atoms with Crippen molar-refractivity contribution in [2.75, 3.05) is 6.61 Å². The second kappa shape index (κ2) is 8.60. The summed E-state index contributed by atoms with van der Waals surface area (Å²) in [6.45, 7) is 3.82. The third-order valence-corrected chi connectivity index (χ3v) is 3.33. The molecule has 2 aromatic carbocycles. The summed E-state index contributed by atoms with van der Waals surface area (Å²) in [6.07, 6.45) is -4.40. The van der Waals surface area contributed by atoms with E-state index in [9.17, 15) is 18.0 Å². The highest BCUT2D eigenvalue weighted by Crippen LogP contribution is 2.31. The Kier molecular flexibility index (Phi) is 6.49. The van der Waals surface area contributed by atoms with Crippen LogP contribution in [0.2, 0.25) is 0 Å². The molecule has 0 aliphatic rings. The van der Waals surface area contributed by atoms with Crippen molar-refractivity contribution in [1.82, 2.24) is 0 Å². The fourth-order valence-electron chi connectivity index (χ4n) is 2.01. The Labute approximate surface area is 149 Å². The molecule has 0 bridgehead atoms. The highest BCUT2D eigenvalue weighted by atomic mass is 19.4. The molecule has 0 heterocycles. The average molecular weight is 368 g/mol. The van der Waals surface area contributed by atoms with Gasteiger partial charge in [0.25, 0.3) is 0 Å². The number of alkyl halides is 3. The Hall–Kier alpha value is -2.70. The predicted molar refractivity (Wildman–Crippen MR) is 89.3 cm³/mol. The van der Waals surface area contributed by atoms with Gasteiger partial charge in [-0.15, -0.1) is 0 Å². The van der Waals surface area contributed by atoms with Crippen LogP contribution in [0.4, 0.5) is 13.2 Å². The zero-order valence-corrected chi connectivity index (χ0v) is 14.4. The first kappa shape index (κ1) is 19.6. The van der Waals surface area contributed by atoms with Crippen molar-refractivity contribution < 1.29 is 32.2 Å². The largest absolute Gasteiger partial charge is 0.479 e. The number of benzene rings is 2. The van der Waals surface area contributed by atoms with E-state index in [1.165, 1.54) is 12.1 Å². The molecule has 0 saturated carbocycles. The van der Waals surface area contributed by atoms with E-state index in [1.807, 2.05) is 6.92 Å². The van der Waals surface area contributed by atoms with Gasteiger partial charge in [0.1, 0.15) is 17.2 Å². The Bertz CT molecular complexity index is 709. The lowest BCUT2D eigenvalue weighted by Gasteiger charge is -2.14. The molecule has 0 aliphatic carbocycles. The molecule has 0 saturated heterocycles. The van der Waals surface area contributed by atoms with E-state index >= 15 is 0 Å². The van der Waals surface area contributed by atoms with Crippen molar-refractivity contribution >= 4 is 5.97 Å². The Morgan fingerprint density at radius 1 is 0.962 bits per heavy atom. The van der Waals surface area contributed by atoms with Gasteiger partial charge in [-0.05, 0) is 61.9 Å². The molecule has 0 fully saturated rings. The van der Waals surface area contributed by atoms with Gasteiger partial charge in [-0.1, -0.05) is 6.92 Å². The molecule has 0 aromatic heterocycles. The highest BCUT2D eigenvalue weighted by molar-refractivity contribution is 5.74. The van der Waals surface area contributed by atoms with E-state index in [1.54, 1.807) is 31.2 Å². The van der Waals surface area contributed by atoms with Gasteiger partial charge in [-0.3, -0.25) is 0 Å². The van der Waals surface area contributed by atoms with Crippen molar-refractivity contribution in [1.29, 1.82) is 0 Å². The van der Waals surface area contributed by atoms with Crippen LogP contribution in [0.1, 0.15) is 25.8 Å². The Morgan fingerprint density at radius 3 is 1.96 bits per heavy atom. The molecule has 26 heavy (non-hydrogen) atoms. The van der Waals surface area contributed by atoms with Crippen molar-refractivity contribution in [3.8, 4) is 17.2 Å². The summed E-state index contributed by atoms with van der Waals surface area (Å²) in [5, 5.41) is 0. The summed E-state index contributed by atoms with van der Waals surface area (Å²) in [7, 11) is 0. The van der Waals surface area contributed by atoms with Gasteiger partial charge in [-0.25, -0.2) is 4.79 Å². The van der Waals surface area contributed by atoms with Gasteiger partial charge >= 0.3 is 12.1 Å². The standard InChI is InChI=1S/C19H19F3O4/c1-3-12-24-18(23)13(2)25-15-8-10-17(11-9-15)26-16-6-4-14(5-7-16)19(20,21)22/h4-11,13H,3,12H2,1-2H3/t13-/m1/s1. The number of rotatable bonds is 7. The minimum Gasteiger partial charge on any atom is -0.479 e. The maximum Gasteiger partial charge on any atom is 0.416 e. The van der Waals surface area contributed by atoms with Crippen LogP contribution in [0.5, 0.6) is 17.2 Å². The zero-order chi connectivity index (χ0) is 19.2. The molecule has 4 nitrogen and oxygen atoms in total. The van der Waals surface area contributed by atoms with Crippen LogP contribution in [-0.4, -0.2) is 18.7 Å². The number of esters is 1. The maximum atomic E-state index is 12.5. The summed E-state index contributed by atoms with van der Waals surface area (Å²) in [5.74, 6) is 0.712. The van der Waals surface area contributed by atoms with E-state index in [0.29, 0.717) is 18.1 Å². The first-order valence-corrected chi connectivity index (χ1v) is 8.08. The van der Waals surface area contributed by atoms with Crippen LogP contribution in [0.25, 0.3) is 0 Å². The minimum absolute atomic E-state index is 0.281. The van der Waals surface area contributed by atoms with Crippen molar-refractivity contribution in [2.24, 2.45) is 0 Å². The second-order valence-corrected chi connectivity index (χ2v) is 5.52. The van der Waals surface area contributed by atoms with Crippen molar-refractivity contribution in [3.05, 3.63) is 54.1 Å². The molecule has 0 aliphatic heterocycles. The van der Waals surface area contributed by atoms with Gasteiger partial charge in [0, 0.05) is 0 Å². The van der Waals surface area contributed by atoms with E-state index in [0.717, 1.165) is 18.6 Å². The summed E-state index contributed by atoms with van der Waals surface area (Å²) < 4.78 is 53.6. The number of hydrogen-bond acceptors (Lipinski definition) is 4. The summed E-state index contributed by atoms with van der Waals surface area (Å²) in [5.41, 5.74) is -0.738. The zero-order valence-electron chi connectivity index (χ0n) is 14.4. The first-order valence-electron chi connectivity index (χ1n) is 8.08. The number of halogens is 3. The lowest BCUT2D eigenvalue weighted by Crippen LogP contribution is -2.26. The minimum atomic E-state index is -4.38. The first-order chi connectivity index (χ1) is 12.3. The van der Waals surface area contributed by atoms with Crippen molar-refractivity contribution in [3.63, 3.8) is 0 Å². The molecular weight excluding hydrogens is 349 g/mol. The van der Waals surface area contributed by atoms with Gasteiger partial charge in [-0.2, -0.15) is 13.2 Å². The number of carbonyl (C=O) groups is 1. The third-order valence-electron chi connectivity index (χ3n) is 3.33. The number of ether oxygens (including phenoxy) is 3. The smallest absolute Gasteiger partial charge is 0.416 e. The van der Waals surface area contributed by atoms with Crippen LogP contribution in [-0.2, 0) is 15.7 Å². The molecule has 2 aromatic rings. The van der Waals surface area contributed by atoms with E-state index in [4.69, 9.17) is 14.2 Å². The summed E-state index contributed by atoms with van der Waals surface area (Å²) in [6, 6.07) is 10.8. The fraction of sp³-hybridized carbons (Fsp3) is 0.316. The fourth-order valence-corrected chi connectivity index (χ4v) is 2.01. The van der Waals surface area contributed by atoms with Crippen LogP contribution in [0, 0.1) is 0 Å². The van der Waals surface area contributed by atoms with Crippen LogP contribution >= 0.6 is 0 Å². The van der Waals surface area contributed by atoms with Crippen molar-refractivity contribution in [2.45, 2.75) is 32.5 Å². The van der Waals surface area contributed by atoms with E-state index in [2.05, 4.69) is 0 Å². The quantitative estimate of drug-likeness (QED) is 0.629. The second-order valence-electron chi connectivity index (χ2n) is 5.52. The number of carbonyl (C=O) groups excluding carboxylic acids is 1. The summed E-state index contributed by atoms with van der Waals surface area (Å²) in [4.78, 5) is 11.7. The molecule has 2 rings (SSSR count). The Balaban J connectivity index is 1.94. The lowest BCUT2D eigenvalue weighted by molar-refractivity contribution is -0.151. The van der Waals surface area contributed by atoms with Crippen LogP contribution in [0.15, 0.2) is 48.5 Å². The molecule has 0 radical (unpaired) electrons. The van der Waals surface area contributed by atoms with Crippen LogP contribution in [0.3, 0.4) is 0 Å². The normalized spacial score (nSPS) is 12.3. The maximum absolute atomic E-state index is 12.5. The SMILES string of the molecule is CCCOC(=O)[C@@H](C)Oc1ccc(Oc2ccc(C(F)(F)F)cc2)cc1. The van der Waals surface area contributed by atoms with Gasteiger partial charge in [0.2, 0.25) is 0 Å².